The minimum absolute atomic E-state index is 0.106. The molecule has 104 valence electrons. The standard InChI is InChI=1S/C16H15FO3/c17-14(15(18)19)16(20,13-9-5-2-6-10-13)11-12-7-3-1-4-8-12/h1-10,14,20H,11H2,(H,18,19). The third-order valence-electron chi connectivity index (χ3n) is 3.23. The molecule has 2 aromatic rings. The zero-order valence-corrected chi connectivity index (χ0v) is 10.7. The molecule has 2 atom stereocenters. The number of carboxylic acid groups (broad SMARTS) is 1. The normalized spacial score (nSPS) is 15.3. The fourth-order valence-electron chi connectivity index (χ4n) is 2.18. The second-order valence-corrected chi connectivity index (χ2v) is 4.65. The van der Waals surface area contributed by atoms with Crippen LogP contribution in [0.1, 0.15) is 11.1 Å². The number of aliphatic carboxylic acids is 1. The van der Waals surface area contributed by atoms with Crippen molar-refractivity contribution in [2.45, 2.75) is 18.2 Å². The summed E-state index contributed by atoms with van der Waals surface area (Å²) in [6.07, 6.45) is -2.50. The van der Waals surface area contributed by atoms with Crippen molar-refractivity contribution >= 4 is 5.97 Å². The van der Waals surface area contributed by atoms with Crippen molar-refractivity contribution in [2.75, 3.05) is 0 Å². The minimum atomic E-state index is -2.40. The second kappa shape index (κ2) is 5.84. The van der Waals surface area contributed by atoms with Crippen LogP contribution in [-0.4, -0.2) is 22.4 Å². The van der Waals surface area contributed by atoms with Crippen molar-refractivity contribution in [1.29, 1.82) is 0 Å². The molecular weight excluding hydrogens is 259 g/mol. The van der Waals surface area contributed by atoms with Gasteiger partial charge in [0.25, 0.3) is 0 Å². The summed E-state index contributed by atoms with van der Waals surface area (Å²) in [4.78, 5) is 11.0. The topological polar surface area (TPSA) is 57.5 Å². The Labute approximate surface area is 116 Å². The smallest absolute Gasteiger partial charge is 0.341 e. The van der Waals surface area contributed by atoms with Gasteiger partial charge in [0.15, 0.2) is 0 Å². The zero-order valence-electron chi connectivity index (χ0n) is 10.7. The van der Waals surface area contributed by atoms with E-state index in [2.05, 4.69) is 0 Å². The van der Waals surface area contributed by atoms with Crippen molar-refractivity contribution in [2.24, 2.45) is 0 Å². The summed E-state index contributed by atoms with van der Waals surface area (Å²) in [6.45, 7) is 0. The van der Waals surface area contributed by atoms with E-state index < -0.39 is 17.7 Å². The molecule has 0 spiro atoms. The Morgan fingerprint density at radius 1 is 1.05 bits per heavy atom. The van der Waals surface area contributed by atoms with E-state index in [4.69, 9.17) is 5.11 Å². The van der Waals surface area contributed by atoms with E-state index in [0.717, 1.165) is 0 Å². The largest absolute Gasteiger partial charge is 0.479 e. The number of benzene rings is 2. The highest BCUT2D eigenvalue weighted by atomic mass is 19.1. The molecule has 0 bridgehead atoms. The molecule has 0 aliphatic heterocycles. The van der Waals surface area contributed by atoms with Crippen LogP contribution in [0.2, 0.25) is 0 Å². The molecule has 0 saturated carbocycles. The van der Waals surface area contributed by atoms with Gasteiger partial charge in [-0.3, -0.25) is 0 Å². The highest BCUT2D eigenvalue weighted by Crippen LogP contribution is 2.31. The Kier molecular flexibility index (Phi) is 4.15. The van der Waals surface area contributed by atoms with Crippen LogP contribution >= 0.6 is 0 Å². The van der Waals surface area contributed by atoms with Crippen LogP contribution in [0.3, 0.4) is 0 Å². The van der Waals surface area contributed by atoms with Gasteiger partial charge in [0.05, 0.1) is 0 Å². The molecule has 0 aromatic heterocycles. The monoisotopic (exact) mass is 274 g/mol. The molecule has 0 radical (unpaired) electrons. The first-order valence-electron chi connectivity index (χ1n) is 6.23. The Morgan fingerprint density at radius 2 is 1.55 bits per heavy atom. The first-order valence-corrected chi connectivity index (χ1v) is 6.23. The predicted molar refractivity (Wildman–Crippen MR) is 73.0 cm³/mol. The third kappa shape index (κ3) is 2.86. The number of alkyl halides is 1. The molecule has 3 nitrogen and oxygen atoms in total. The van der Waals surface area contributed by atoms with Gasteiger partial charge in [-0.2, -0.15) is 0 Å². The highest BCUT2D eigenvalue weighted by molar-refractivity contribution is 5.74. The third-order valence-corrected chi connectivity index (χ3v) is 3.23. The Morgan fingerprint density at radius 3 is 2.05 bits per heavy atom. The molecular formula is C16H15FO3. The summed E-state index contributed by atoms with van der Waals surface area (Å²) in [5, 5.41) is 19.5. The van der Waals surface area contributed by atoms with Crippen molar-refractivity contribution in [3.63, 3.8) is 0 Å². The molecule has 0 aliphatic carbocycles. The van der Waals surface area contributed by atoms with E-state index in [1.165, 1.54) is 12.1 Å². The first kappa shape index (κ1) is 14.2. The Hall–Kier alpha value is -2.20. The molecule has 0 saturated heterocycles. The van der Waals surface area contributed by atoms with E-state index >= 15 is 0 Å². The van der Waals surface area contributed by atoms with Gasteiger partial charge in [-0.15, -0.1) is 0 Å². The fraction of sp³-hybridized carbons (Fsp3) is 0.188. The number of halogens is 1. The average Bonchev–Trinajstić information content (AvgIpc) is 2.48. The van der Waals surface area contributed by atoms with Gasteiger partial charge in [0, 0.05) is 6.42 Å². The lowest BCUT2D eigenvalue weighted by Gasteiger charge is -2.30. The lowest BCUT2D eigenvalue weighted by atomic mass is 9.83. The second-order valence-electron chi connectivity index (χ2n) is 4.65. The van der Waals surface area contributed by atoms with Gasteiger partial charge < -0.3 is 10.2 Å². The fourth-order valence-corrected chi connectivity index (χ4v) is 2.18. The number of rotatable bonds is 5. The van der Waals surface area contributed by atoms with E-state index in [1.54, 1.807) is 48.5 Å². The van der Waals surface area contributed by atoms with Crippen molar-refractivity contribution in [3.05, 3.63) is 71.8 Å². The van der Waals surface area contributed by atoms with Crippen LogP contribution in [0, 0.1) is 0 Å². The summed E-state index contributed by atoms with van der Waals surface area (Å²) in [6, 6.07) is 16.8. The first-order chi connectivity index (χ1) is 9.54. The molecule has 0 fully saturated rings. The Balaban J connectivity index is 2.42. The maximum atomic E-state index is 14.1. The summed E-state index contributed by atoms with van der Waals surface area (Å²) >= 11 is 0. The van der Waals surface area contributed by atoms with E-state index in [1.807, 2.05) is 0 Å². The number of aliphatic hydroxyl groups is 1. The summed E-state index contributed by atoms with van der Waals surface area (Å²) in [5.41, 5.74) is -1.17. The van der Waals surface area contributed by atoms with Gasteiger partial charge in [0.2, 0.25) is 6.17 Å². The predicted octanol–water partition coefficient (Wildman–Crippen LogP) is 2.54. The molecule has 2 aromatic carbocycles. The molecule has 20 heavy (non-hydrogen) atoms. The van der Waals surface area contributed by atoms with Crippen LogP contribution in [-0.2, 0) is 16.8 Å². The Bertz CT molecular complexity index is 571. The lowest BCUT2D eigenvalue weighted by molar-refractivity contribution is -0.155. The summed E-state index contributed by atoms with van der Waals surface area (Å²) in [7, 11) is 0. The summed E-state index contributed by atoms with van der Waals surface area (Å²) < 4.78 is 14.1. The maximum Gasteiger partial charge on any atom is 0.341 e. The van der Waals surface area contributed by atoms with E-state index in [9.17, 15) is 14.3 Å². The number of hydrogen-bond acceptors (Lipinski definition) is 2. The van der Waals surface area contributed by atoms with Crippen molar-refractivity contribution in [1.82, 2.24) is 0 Å². The molecule has 2 unspecified atom stereocenters. The lowest BCUT2D eigenvalue weighted by Crippen LogP contribution is -2.43. The van der Waals surface area contributed by atoms with Gasteiger partial charge in [-0.05, 0) is 11.1 Å². The molecule has 2 rings (SSSR count). The molecule has 0 aliphatic rings. The van der Waals surface area contributed by atoms with Crippen molar-refractivity contribution in [3.8, 4) is 0 Å². The van der Waals surface area contributed by atoms with Crippen LogP contribution in [0.15, 0.2) is 60.7 Å². The van der Waals surface area contributed by atoms with Gasteiger partial charge in [0.1, 0.15) is 5.60 Å². The molecule has 0 amide bonds. The molecule has 4 heteroatoms. The number of carboxylic acids is 1. The zero-order chi connectivity index (χ0) is 14.6. The van der Waals surface area contributed by atoms with E-state index in [-0.39, 0.29) is 12.0 Å². The number of hydrogen-bond donors (Lipinski definition) is 2. The molecule has 0 heterocycles. The average molecular weight is 274 g/mol. The van der Waals surface area contributed by atoms with Crippen LogP contribution in [0.25, 0.3) is 0 Å². The van der Waals surface area contributed by atoms with Crippen LogP contribution in [0.4, 0.5) is 4.39 Å². The van der Waals surface area contributed by atoms with Gasteiger partial charge >= 0.3 is 5.97 Å². The maximum absolute atomic E-state index is 14.1. The molecule has 2 N–H and O–H groups in total. The van der Waals surface area contributed by atoms with Gasteiger partial charge in [-0.1, -0.05) is 60.7 Å². The van der Waals surface area contributed by atoms with Crippen LogP contribution < -0.4 is 0 Å². The highest BCUT2D eigenvalue weighted by Gasteiger charge is 2.43. The van der Waals surface area contributed by atoms with E-state index in [0.29, 0.717) is 5.56 Å². The van der Waals surface area contributed by atoms with Crippen molar-refractivity contribution < 1.29 is 19.4 Å². The van der Waals surface area contributed by atoms with Crippen LogP contribution in [0.5, 0.6) is 0 Å². The summed E-state index contributed by atoms with van der Waals surface area (Å²) in [5.74, 6) is -1.67. The minimum Gasteiger partial charge on any atom is -0.479 e. The quantitative estimate of drug-likeness (QED) is 0.881. The van der Waals surface area contributed by atoms with Gasteiger partial charge in [-0.25, -0.2) is 9.18 Å². The number of carbonyl (C=O) groups is 1. The SMILES string of the molecule is O=C(O)C(F)C(O)(Cc1ccccc1)c1ccccc1.